The molecule has 7 aromatic rings. The summed E-state index contributed by atoms with van der Waals surface area (Å²) in [6.07, 6.45) is 0. The number of benzene rings is 5. The first-order valence-electron chi connectivity index (χ1n) is 16.2. The van der Waals surface area contributed by atoms with Crippen molar-refractivity contribution in [3.05, 3.63) is 143 Å². The molecule has 6 nitrogen and oxygen atoms in total. The zero-order valence-corrected chi connectivity index (χ0v) is 30.2. The van der Waals surface area contributed by atoms with Crippen LogP contribution in [0.5, 0.6) is 11.5 Å². The molecule has 0 saturated carbocycles. The van der Waals surface area contributed by atoms with Gasteiger partial charge in [0.1, 0.15) is 34.2 Å². The summed E-state index contributed by atoms with van der Waals surface area (Å²) in [6.45, 7) is 12.6. The van der Waals surface area contributed by atoms with Crippen LogP contribution in [0.2, 0.25) is 0 Å². The fourth-order valence-electron chi connectivity index (χ4n) is 7.69. The third-order valence-corrected chi connectivity index (χ3v) is 10.4. The minimum atomic E-state index is -0.738. The van der Waals surface area contributed by atoms with E-state index >= 15 is 0 Å². The Kier molecular flexibility index (Phi) is 7.27. The minimum Gasteiger partial charge on any atom is -0.507 e. The fourth-order valence-corrected chi connectivity index (χ4v) is 7.69. The van der Waals surface area contributed by atoms with Crippen molar-refractivity contribution >= 4 is 22.1 Å². The van der Waals surface area contributed by atoms with Crippen LogP contribution in [0, 0.1) is 0 Å². The van der Waals surface area contributed by atoms with Crippen LogP contribution in [-0.2, 0) is 37.3 Å². The second-order valence-corrected chi connectivity index (χ2v) is 14.3. The number of imidazole rings is 2. The van der Waals surface area contributed by atoms with Gasteiger partial charge in [0.25, 0.3) is 0 Å². The number of fused-ring (bicyclic) bond motifs is 6. The number of aromatic hydroxyl groups is 2. The molecule has 0 unspecified atom stereocenters. The van der Waals surface area contributed by atoms with Crippen molar-refractivity contribution in [3.63, 3.8) is 0 Å². The molecule has 2 aromatic heterocycles. The number of phenolic OH excluding ortho intramolecular Hbond substituents is 2. The molecular weight excluding hydrogens is 776 g/mol. The van der Waals surface area contributed by atoms with E-state index in [1.165, 1.54) is 0 Å². The average molecular weight is 814 g/mol. The number of aromatic nitrogens is 4. The predicted molar refractivity (Wildman–Crippen MR) is 188 cm³/mol. The molecule has 1 aliphatic rings. The molecule has 0 fully saturated rings. The van der Waals surface area contributed by atoms with Gasteiger partial charge in [-0.3, -0.25) is 9.13 Å². The van der Waals surface area contributed by atoms with Gasteiger partial charge in [0.15, 0.2) is 0 Å². The summed E-state index contributed by atoms with van der Waals surface area (Å²) < 4.78 is 4.41. The van der Waals surface area contributed by atoms with Gasteiger partial charge in [0, 0.05) is 60.1 Å². The quantitative estimate of drug-likeness (QED) is 0.183. The van der Waals surface area contributed by atoms with Crippen LogP contribution in [0.3, 0.4) is 0 Å². The molecule has 48 heavy (non-hydrogen) atoms. The molecule has 0 radical (unpaired) electrons. The van der Waals surface area contributed by atoms with Gasteiger partial charge in [-0.2, -0.15) is 0 Å². The Hall–Kier alpha value is -4.67. The van der Waals surface area contributed by atoms with Crippen LogP contribution in [0.1, 0.15) is 75.4 Å². The number of hydrogen-bond donors (Lipinski definition) is 2. The molecule has 0 spiro atoms. The zero-order chi connectivity index (χ0) is 32.9. The van der Waals surface area contributed by atoms with Gasteiger partial charge in [-0.05, 0) is 64.1 Å². The van der Waals surface area contributed by atoms with Crippen LogP contribution >= 0.6 is 0 Å². The Morgan fingerprint density at radius 1 is 0.438 bits per heavy atom. The topological polar surface area (TPSA) is 76.1 Å². The van der Waals surface area contributed by atoms with Gasteiger partial charge in [0.2, 0.25) is 0 Å². The Balaban J connectivity index is 0.00000364. The summed E-state index contributed by atoms with van der Waals surface area (Å²) in [6, 6.07) is 36.7. The van der Waals surface area contributed by atoms with Gasteiger partial charge in [-0.1, -0.05) is 86.6 Å². The van der Waals surface area contributed by atoms with E-state index in [0.717, 1.165) is 67.3 Å². The van der Waals surface area contributed by atoms with E-state index in [0.29, 0.717) is 0 Å². The van der Waals surface area contributed by atoms with Crippen molar-refractivity contribution < 1.29 is 31.3 Å². The molecule has 8 bridgehead atoms. The second-order valence-electron chi connectivity index (χ2n) is 14.3. The molecule has 1 aliphatic heterocycles. The molecule has 5 aromatic carbocycles. The normalized spacial score (nSPS) is 15.8. The molecule has 0 aliphatic carbocycles. The van der Waals surface area contributed by atoms with E-state index < -0.39 is 16.2 Å². The van der Waals surface area contributed by atoms with Gasteiger partial charge in [0.05, 0.1) is 21.9 Å². The molecule has 0 saturated heterocycles. The van der Waals surface area contributed by atoms with Gasteiger partial charge >= 0.3 is 0 Å². The SMILES string of the molecule is CC1(C)c2cccc(c2O)C(C)(C)c2nc3c4nc(n(-c5ccccc5)c4ccc3n2-c2ccccc2)C(C)(C)c2cccc1c2O.[Pt]. The Labute approximate surface area is 295 Å². The second kappa shape index (κ2) is 10.9. The van der Waals surface area contributed by atoms with Crippen molar-refractivity contribution in [1.82, 2.24) is 19.1 Å². The molecule has 0 atom stereocenters. The van der Waals surface area contributed by atoms with E-state index in [1.807, 2.05) is 72.8 Å². The minimum absolute atomic E-state index is 0. The molecule has 0 amide bonds. The first-order valence-corrected chi connectivity index (χ1v) is 16.2. The summed E-state index contributed by atoms with van der Waals surface area (Å²) in [5, 5.41) is 24.3. The molecular formula is C41H38N4O2Pt. The summed E-state index contributed by atoms with van der Waals surface area (Å²) in [7, 11) is 0. The van der Waals surface area contributed by atoms with Crippen LogP contribution in [0.15, 0.2) is 109 Å². The van der Waals surface area contributed by atoms with Crippen molar-refractivity contribution in [3.8, 4) is 22.9 Å². The molecule has 8 rings (SSSR count). The monoisotopic (exact) mass is 813 g/mol. The number of phenols is 2. The number of rotatable bonds is 2. The third kappa shape index (κ3) is 4.35. The van der Waals surface area contributed by atoms with Crippen molar-refractivity contribution in [2.45, 2.75) is 57.8 Å². The number of nitrogens with zero attached hydrogens (tertiary/aromatic N) is 4. The molecule has 2 N–H and O–H groups in total. The number of hydrogen-bond acceptors (Lipinski definition) is 4. The smallest absolute Gasteiger partial charge is 0.124 e. The summed E-state index contributed by atoms with van der Waals surface area (Å²) >= 11 is 0. The van der Waals surface area contributed by atoms with E-state index in [2.05, 4.69) is 87.1 Å². The van der Waals surface area contributed by atoms with E-state index in [-0.39, 0.29) is 32.6 Å². The van der Waals surface area contributed by atoms with E-state index in [1.54, 1.807) is 0 Å². The summed E-state index contributed by atoms with van der Waals surface area (Å²) in [5.74, 6) is 2.00. The standard InChI is InChI=1S/C41H38N4O2.Pt/c1-39(2)27-19-13-21-29(35(27)46)40(3,4)37-42-33-31(44(37)25-15-9-7-10-16-25)23-24-32-34(33)43-38(45(32)26-17-11-8-12-18-26)41(5,6)30-22-14-20-28(39)36(30)47;/h7-24,46-47H,1-6H3;. The van der Waals surface area contributed by atoms with Crippen LogP contribution in [0.25, 0.3) is 33.4 Å². The van der Waals surface area contributed by atoms with Gasteiger partial charge in [-0.15, -0.1) is 0 Å². The van der Waals surface area contributed by atoms with Crippen LogP contribution in [0.4, 0.5) is 0 Å². The zero-order valence-electron chi connectivity index (χ0n) is 27.9. The maximum Gasteiger partial charge on any atom is 0.124 e. The molecule has 7 heteroatoms. The predicted octanol–water partition coefficient (Wildman–Crippen LogP) is 9.06. The van der Waals surface area contributed by atoms with Crippen LogP contribution < -0.4 is 0 Å². The third-order valence-electron chi connectivity index (χ3n) is 10.4. The average Bonchev–Trinajstić information content (AvgIpc) is 3.65. The summed E-state index contributed by atoms with van der Waals surface area (Å²) in [5.41, 5.74) is 6.19. The van der Waals surface area contributed by atoms with E-state index in [4.69, 9.17) is 9.97 Å². The van der Waals surface area contributed by atoms with Crippen molar-refractivity contribution in [2.75, 3.05) is 0 Å². The maximum absolute atomic E-state index is 12.2. The van der Waals surface area contributed by atoms with Crippen molar-refractivity contribution in [1.29, 1.82) is 0 Å². The Morgan fingerprint density at radius 3 is 1.12 bits per heavy atom. The maximum atomic E-state index is 12.2. The van der Waals surface area contributed by atoms with E-state index in [9.17, 15) is 10.2 Å². The van der Waals surface area contributed by atoms with Crippen LogP contribution in [-0.4, -0.2) is 29.3 Å². The Morgan fingerprint density at radius 2 is 0.771 bits per heavy atom. The Bertz CT molecular complexity index is 2190. The largest absolute Gasteiger partial charge is 0.507 e. The molecule has 244 valence electrons. The first kappa shape index (κ1) is 31.9. The van der Waals surface area contributed by atoms with Gasteiger partial charge in [-0.25, -0.2) is 9.97 Å². The molecule has 3 heterocycles. The fraction of sp³-hybridized carbons (Fsp3) is 0.220. The number of para-hydroxylation sites is 4. The van der Waals surface area contributed by atoms with Gasteiger partial charge < -0.3 is 10.2 Å². The summed E-state index contributed by atoms with van der Waals surface area (Å²) in [4.78, 5) is 10.9. The first-order chi connectivity index (χ1) is 22.4. The van der Waals surface area contributed by atoms with Crippen molar-refractivity contribution in [2.24, 2.45) is 0 Å².